The first kappa shape index (κ1) is 17.6. The lowest BCUT2D eigenvalue weighted by molar-refractivity contribution is 0.0938. The van der Waals surface area contributed by atoms with Crippen molar-refractivity contribution in [1.82, 2.24) is 30.0 Å². The third-order valence-corrected chi connectivity index (χ3v) is 5.26. The van der Waals surface area contributed by atoms with Gasteiger partial charge in [0, 0.05) is 23.0 Å². The van der Waals surface area contributed by atoms with Crippen molar-refractivity contribution in [3.8, 4) is 5.69 Å². The fraction of sp³-hybridized carbons (Fsp3) is 0.150. The van der Waals surface area contributed by atoms with E-state index >= 15 is 0 Å². The maximum atomic E-state index is 13.6. The standard InChI is InChI=1S/C20H16ClN7O/c1-12-8-9-27(24-12)13-6-7-14(16(21)10-13)20(29)19-15-4-2-3-5-17(15)22-11-18-23-25-26-28(18)19/h2-10,19,22H,11H2,1H3. The zero-order chi connectivity index (χ0) is 20.0. The molecule has 8 nitrogen and oxygen atoms in total. The number of para-hydroxylation sites is 1. The van der Waals surface area contributed by atoms with Crippen LogP contribution in [-0.4, -0.2) is 35.8 Å². The quantitative estimate of drug-likeness (QED) is 0.526. The van der Waals surface area contributed by atoms with Crippen LogP contribution in [0.4, 0.5) is 5.69 Å². The molecule has 2 aromatic heterocycles. The molecule has 3 heterocycles. The highest BCUT2D eigenvalue weighted by molar-refractivity contribution is 6.34. The number of ketones is 1. The van der Waals surface area contributed by atoms with Crippen molar-refractivity contribution in [1.29, 1.82) is 0 Å². The molecule has 0 amide bonds. The number of hydrogen-bond donors (Lipinski definition) is 1. The van der Waals surface area contributed by atoms with Gasteiger partial charge < -0.3 is 5.32 Å². The van der Waals surface area contributed by atoms with Crippen LogP contribution >= 0.6 is 11.6 Å². The molecule has 0 aliphatic carbocycles. The SMILES string of the molecule is Cc1ccn(-c2ccc(C(=O)C3c4ccccc4NCc4nnnn43)c(Cl)c2)n1. The highest BCUT2D eigenvalue weighted by Gasteiger charge is 2.32. The molecule has 0 radical (unpaired) electrons. The fourth-order valence-electron chi connectivity index (χ4n) is 3.54. The Balaban J connectivity index is 1.59. The lowest BCUT2D eigenvalue weighted by atomic mass is 9.96. The minimum Gasteiger partial charge on any atom is -0.377 e. The Kier molecular flexibility index (Phi) is 4.13. The van der Waals surface area contributed by atoms with Crippen molar-refractivity contribution in [2.24, 2.45) is 0 Å². The molecule has 2 aromatic carbocycles. The third-order valence-electron chi connectivity index (χ3n) is 4.95. The van der Waals surface area contributed by atoms with Crippen LogP contribution in [0.25, 0.3) is 5.69 Å². The van der Waals surface area contributed by atoms with E-state index in [1.807, 2.05) is 49.5 Å². The lowest BCUT2D eigenvalue weighted by Gasteiger charge is -2.18. The summed E-state index contributed by atoms with van der Waals surface area (Å²) in [4.78, 5) is 13.6. The summed E-state index contributed by atoms with van der Waals surface area (Å²) in [7, 11) is 0. The number of halogens is 1. The van der Waals surface area contributed by atoms with Crippen molar-refractivity contribution in [2.45, 2.75) is 19.5 Å². The zero-order valence-corrected chi connectivity index (χ0v) is 16.2. The molecule has 0 bridgehead atoms. The highest BCUT2D eigenvalue weighted by Crippen LogP contribution is 2.34. The van der Waals surface area contributed by atoms with Gasteiger partial charge in [-0.1, -0.05) is 29.8 Å². The summed E-state index contributed by atoms with van der Waals surface area (Å²) in [5.41, 5.74) is 3.74. The maximum Gasteiger partial charge on any atom is 0.193 e. The first-order valence-corrected chi connectivity index (χ1v) is 9.45. The molecular weight excluding hydrogens is 390 g/mol. The van der Waals surface area contributed by atoms with Crippen molar-refractivity contribution in [2.75, 3.05) is 5.32 Å². The second-order valence-corrected chi connectivity index (χ2v) is 7.22. The van der Waals surface area contributed by atoms with E-state index in [1.54, 1.807) is 21.5 Å². The van der Waals surface area contributed by atoms with Crippen LogP contribution in [0.15, 0.2) is 54.7 Å². The molecule has 1 atom stereocenters. The molecule has 0 spiro atoms. The topological polar surface area (TPSA) is 90.5 Å². The number of carbonyl (C=O) groups is 1. The predicted octanol–water partition coefficient (Wildman–Crippen LogP) is 3.22. The number of aryl methyl sites for hydroxylation is 1. The van der Waals surface area contributed by atoms with Gasteiger partial charge in [-0.3, -0.25) is 4.79 Å². The number of fused-ring (bicyclic) bond motifs is 2. The van der Waals surface area contributed by atoms with E-state index in [9.17, 15) is 4.79 Å². The first-order chi connectivity index (χ1) is 14.1. The molecular formula is C20H16ClN7O. The Bertz CT molecular complexity index is 1230. The lowest BCUT2D eigenvalue weighted by Crippen LogP contribution is -2.23. The number of aromatic nitrogens is 6. The molecule has 1 unspecified atom stereocenters. The van der Waals surface area contributed by atoms with Crippen molar-refractivity contribution in [3.05, 3.63) is 82.4 Å². The molecule has 0 saturated carbocycles. The van der Waals surface area contributed by atoms with Crippen LogP contribution in [-0.2, 0) is 6.54 Å². The number of rotatable bonds is 3. The van der Waals surface area contributed by atoms with Gasteiger partial charge in [-0.25, -0.2) is 9.36 Å². The largest absolute Gasteiger partial charge is 0.377 e. The molecule has 144 valence electrons. The summed E-state index contributed by atoms with van der Waals surface area (Å²) >= 11 is 6.53. The summed E-state index contributed by atoms with van der Waals surface area (Å²) in [6.45, 7) is 2.34. The van der Waals surface area contributed by atoms with Crippen LogP contribution in [0.2, 0.25) is 5.02 Å². The summed E-state index contributed by atoms with van der Waals surface area (Å²) < 4.78 is 3.28. The Labute approximate surface area is 171 Å². The average Bonchev–Trinajstić information content (AvgIpc) is 3.33. The van der Waals surface area contributed by atoms with Gasteiger partial charge in [0.05, 0.1) is 22.9 Å². The molecule has 29 heavy (non-hydrogen) atoms. The Morgan fingerprint density at radius 3 is 2.86 bits per heavy atom. The molecule has 9 heteroatoms. The summed E-state index contributed by atoms with van der Waals surface area (Å²) in [6, 6.07) is 14.1. The van der Waals surface area contributed by atoms with E-state index in [2.05, 4.69) is 25.9 Å². The summed E-state index contributed by atoms with van der Waals surface area (Å²) in [6.07, 6.45) is 1.85. The molecule has 1 aliphatic heterocycles. The van der Waals surface area contributed by atoms with Crippen LogP contribution in [0, 0.1) is 6.92 Å². The Morgan fingerprint density at radius 2 is 2.07 bits per heavy atom. The van der Waals surface area contributed by atoms with E-state index in [1.165, 1.54) is 0 Å². The number of anilines is 1. The van der Waals surface area contributed by atoms with E-state index in [0.29, 0.717) is 23.0 Å². The van der Waals surface area contributed by atoms with Crippen LogP contribution in [0.5, 0.6) is 0 Å². The average molecular weight is 406 g/mol. The van der Waals surface area contributed by atoms with Crippen LogP contribution in [0.1, 0.15) is 33.5 Å². The minimum atomic E-state index is -0.707. The minimum absolute atomic E-state index is 0.178. The fourth-order valence-corrected chi connectivity index (χ4v) is 3.80. The molecule has 1 N–H and O–H groups in total. The zero-order valence-electron chi connectivity index (χ0n) is 15.5. The van der Waals surface area contributed by atoms with Crippen molar-refractivity contribution < 1.29 is 4.79 Å². The predicted molar refractivity (Wildman–Crippen MR) is 107 cm³/mol. The van der Waals surface area contributed by atoms with E-state index in [0.717, 1.165) is 22.6 Å². The number of nitrogens with zero attached hydrogens (tertiary/aromatic N) is 6. The van der Waals surface area contributed by atoms with Gasteiger partial charge in [0.1, 0.15) is 6.04 Å². The smallest absolute Gasteiger partial charge is 0.193 e. The van der Waals surface area contributed by atoms with Crippen molar-refractivity contribution in [3.63, 3.8) is 0 Å². The second kappa shape index (κ2) is 6.82. The molecule has 4 aromatic rings. The number of nitrogens with one attached hydrogen (secondary N) is 1. The maximum absolute atomic E-state index is 13.6. The molecule has 0 saturated heterocycles. The number of hydrogen-bond acceptors (Lipinski definition) is 6. The van der Waals surface area contributed by atoms with Gasteiger partial charge in [-0.15, -0.1) is 5.10 Å². The van der Waals surface area contributed by atoms with E-state index in [4.69, 9.17) is 11.6 Å². The summed E-state index contributed by atoms with van der Waals surface area (Å²) in [5, 5.41) is 19.9. The van der Waals surface area contributed by atoms with Crippen molar-refractivity contribution >= 4 is 23.1 Å². The number of Topliss-reactive ketones (excluding diaryl/α,β-unsaturated/α-hetero) is 1. The Morgan fingerprint density at radius 1 is 1.21 bits per heavy atom. The van der Waals surface area contributed by atoms with E-state index in [-0.39, 0.29) is 5.78 Å². The monoisotopic (exact) mass is 405 g/mol. The normalized spacial score (nSPS) is 15.2. The second-order valence-electron chi connectivity index (χ2n) is 6.81. The van der Waals surface area contributed by atoms with Crippen LogP contribution < -0.4 is 5.32 Å². The van der Waals surface area contributed by atoms with Gasteiger partial charge in [-0.05, 0) is 47.7 Å². The van der Waals surface area contributed by atoms with Gasteiger partial charge in [-0.2, -0.15) is 5.10 Å². The Hall–Kier alpha value is -3.52. The van der Waals surface area contributed by atoms with E-state index < -0.39 is 6.04 Å². The molecule has 0 fully saturated rings. The summed E-state index contributed by atoms with van der Waals surface area (Å²) in [5.74, 6) is 0.405. The first-order valence-electron chi connectivity index (χ1n) is 9.08. The number of carbonyl (C=O) groups excluding carboxylic acids is 1. The van der Waals surface area contributed by atoms with Crippen LogP contribution in [0.3, 0.4) is 0 Å². The van der Waals surface area contributed by atoms with Gasteiger partial charge in [0.15, 0.2) is 11.6 Å². The number of tetrazole rings is 1. The highest BCUT2D eigenvalue weighted by atomic mass is 35.5. The van der Waals surface area contributed by atoms with Gasteiger partial charge >= 0.3 is 0 Å². The van der Waals surface area contributed by atoms with Gasteiger partial charge in [0.25, 0.3) is 0 Å². The molecule has 1 aliphatic rings. The number of benzene rings is 2. The third kappa shape index (κ3) is 2.98. The van der Waals surface area contributed by atoms with Gasteiger partial charge in [0.2, 0.25) is 0 Å². The molecule has 5 rings (SSSR count).